The number of benzene rings is 1. The van der Waals surface area contributed by atoms with Crippen molar-refractivity contribution in [1.29, 1.82) is 0 Å². The van der Waals surface area contributed by atoms with Crippen LogP contribution < -0.4 is 0 Å². The van der Waals surface area contributed by atoms with Gasteiger partial charge in [0.2, 0.25) is 0 Å². The molecule has 0 atom stereocenters. The largest absolute Gasteiger partial charge is 0.478 e. The number of rotatable bonds is 6. The molecule has 0 amide bonds. The van der Waals surface area contributed by atoms with Gasteiger partial charge in [-0.25, -0.2) is 4.79 Å². The van der Waals surface area contributed by atoms with Crippen molar-refractivity contribution in [2.45, 2.75) is 78.1 Å². The van der Waals surface area contributed by atoms with Crippen molar-refractivity contribution in [3.05, 3.63) is 64.8 Å². The van der Waals surface area contributed by atoms with Gasteiger partial charge < -0.3 is 5.11 Å². The molecule has 0 saturated heterocycles. The van der Waals surface area contributed by atoms with Crippen molar-refractivity contribution in [2.24, 2.45) is 0 Å². The van der Waals surface area contributed by atoms with E-state index in [1.807, 2.05) is 12.2 Å². The summed E-state index contributed by atoms with van der Waals surface area (Å²) >= 11 is 0. The van der Waals surface area contributed by atoms with Crippen molar-refractivity contribution in [3.8, 4) is 0 Å². The second-order valence-corrected chi connectivity index (χ2v) is 8.57. The second-order valence-electron chi connectivity index (χ2n) is 8.57. The molecule has 0 bridgehead atoms. The number of allylic oxidation sites excluding steroid dienone is 5. The maximum atomic E-state index is 10.7. The molecule has 1 aliphatic rings. The van der Waals surface area contributed by atoms with Gasteiger partial charge in [-0.3, -0.25) is 0 Å². The van der Waals surface area contributed by atoms with E-state index in [0.29, 0.717) is 5.41 Å². The predicted octanol–water partition coefficient (Wildman–Crippen LogP) is 6.81. The Morgan fingerprint density at radius 1 is 1.11 bits per heavy atom. The number of hydrogen-bond acceptors (Lipinski definition) is 1. The summed E-state index contributed by atoms with van der Waals surface area (Å²) < 4.78 is 0. The molecule has 1 aromatic carbocycles. The van der Waals surface area contributed by atoms with E-state index in [1.54, 1.807) is 6.92 Å². The highest BCUT2D eigenvalue weighted by molar-refractivity contribution is 5.81. The molecule has 0 fully saturated rings. The molecule has 0 aliphatic heterocycles. The van der Waals surface area contributed by atoms with Crippen molar-refractivity contribution in [2.75, 3.05) is 0 Å². The summed E-state index contributed by atoms with van der Waals surface area (Å²) in [7, 11) is 0. The Labute approximate surface area is 164 Å². The summed E-state index contributed by atoms with van der Waals surface area (Å²) in [4.78, 5) is 10.7. The summed E-state index contributed by atoms with van der Waals surface area (Å²) in [5.74, 6) is -0.912. The summed E-state index contributed by atoms with van der Waals surface area (Å²) in [6.07, 6.45) is 11.9. The number of aliphatic carboxylic acids is 1. The van der Waals surface area contributed by atoms with Crippen LogP contribution in [0.5, 0.6) is 0 Å². The molecule has 1 aromatic rings. The van der Waals surface area contributed by atoms with Crippen LogP contribution in [-0.2, 0) is 15.6 Å². The Morgan fingerprint density at radius 3 is 2.37 bits per heavy atom. The molecule has 2 rings (SSSR count). The number of carbonyl (C=O) groups is 1. The molecule has 27 heavy (non-hydrogen) atoms. The molecule has 0 spiro atoms. The maximum Gasteiger partial charge on any atom is 0.328 e. The van der Waals surface area contributed by atoms with Crippen LogP contribution in [-0.4, -0.2) is 11.1 Å². The van der Waals surface area contributed by atoms with Crippen LogP contribution in [0, 0.1) is 0 Å². The van der Waals surface area contributed by atoms with Crippen LogP contribution in [0.15, 0.2) is 48.1 Å². The molecule has 0 saturated carbocycles. The molecular weight excluding hydrogens is 332 g/mol. The minimum atomic E-state index is -0.912. The first-order chi connectivity index (χ1) is 12.6. The first-order valence-corrected chi connectivity index (χ1v) is 10.1. The third-order valence-electron chi connectivity index (χ3n) is 6.41. The topological polar surface area (TPSA) is 37.3 Å². The van der Waals surface area contributed by atoms with E-state index in [2.05, 4.69) is 58.9 Å². The van der Waals surface area contributed by atoms with Gasteiger partial charge in [0.1, 0.15) is 0 Å². The van der Waals surface area contributed by atoms with Gasteiger partial charge in [0.15, 0.2) is 0 Å². The fraction of sp³-hybridized carbons (Fsp3) is 0.480. The lowest BCUT2D eigenvalue weighted by Gasteiger charge is -2.45. The molecule has 0 unspecified atom stereocenters. The van der Waals surface area contributed by atoms with Crippen LogP contribution in [0.3, 0.4) is 0 Å². The van der Waals surface area contributed by atoms with E-state index < -0.39 is 5.97 Å². The van der Waals surface area contributed by atoms with E-state index in [9.17, 15) is 4.79 Å². The third-order valence-corrected chi connectivity index (χ3v) is 6.41. The smallest absolute Gasteiger partial charge is 0.328 e. The Hall–Kier alpha value is -2.09. The number of fused-ring (bicyclic) bond motifs is 1. The van der Waals surface area contributed by atoms with Gasteiger partial charge in [0.05, 0.1) is 0 Å². The second kappa shape index (κ2) is 8.29. The molecule has 1 N–H and O–H groups in total. The van der Waals surface area contributed by atoms with Gasteiger partial charge in [-0.1, -0.05) is 64.1 Å². The highest BCUT2D eigenvalue weighted by Crippen LogP contribution is 2.49. The van der Waals surface area contributed by atoms with Crippen molar-refractivity contribution in [3.63, 3.8) is 0 Å². The monoisotopic (exact) mass is 366 g/mol. The number of carboxylic acid groups (broad SMARTS) is 1. The molecule has 0 heterocycles. The minimum Gasteiger partial charge on any atom is -0.478 e. The van der Waals surface area contributed by atoms with E-state index >= 15 is 0 Å². The van der Waals surface area contributed by atoms with E-state index in [4.69, 9.17) is 5.11 Å². The Kier molecular flexibility index (Phi) is 6.51. The quantitative estimate of drug-likeness (QED) is 0.444. The summed E-state index contributed by atoms with van der Waals surface area (Å²) in [6, 6.07) is 6.99. The molecular formula is C25H34O2. The maximum absolute atomic E-state index is 10.7. The predicted molar refractivity (Wildman–Crippen MR) is 115 cm³/mol. The van der Waals surface area contributed by atoms with Crippen molar-refractivity contribution in [1.82, 2.24) is 0 Å². The van der Waals surface area contributed by atoms with Gasteiger partial charge in [-0.15, -0.1) is 0 Å². The zero-order chi connectivity index (χ0) is 20.2. The fourth-order valence-electron chi connectivity index (χ4n) is 4.30. The SMILES string of the molecule is CCC1(CC)CCC(C)(C)c2cc(C(C)=CC=CC(C)=CC(=O)O)ccc21. The average Bonchev–Trinajstić information content (AvgIpc) is 2.61. The van der Waals surface area contributed by atoms with E-state index in [1.165, 1.54) is 54.0 Å². The Morgan fingerprint density at radius 2 is 1.78 bits per heavy atom. The normalized spacial score (nSPS) is 19.2. The molecule has 1 aliphatic carbocycles. The van der Waals surface area contributed by atoms with Gasteiger partial charge in [-0.05, 0) is 78.2 Å². The highest BCUT2D eigenvalue weighted by atomic mass is 16.4. The zero-order valence-corrected chi connectivity index (χ0v) is 17.7. The van der Waals surface area contributed by atoms with Crippen LogP contribution >= 0.6 is 0 Å². The molecule has 146 valence electrons. The summed E-state index contributed by atoms with van der Waals surface area (Å²) in [6.45, 7) is 13.3. The Bertz CT molecular complexity index is 787. The number of carboxylic acids is 1. The van der Waals surface area contributed by atoms with Gasteiger partial charge in [-0.2, -0.15) is 0 Å². The summed E-state index contributed by atoms with van der Waals surface area (Å²) in [5, 5.41) is 8.79. The van der Waals surface area contributed by atoms with E-state index in [-0.39, 0.29) is 5.41 Å². The lowest BCUT2D eigenvalue weighted by Crippen LogP contribution is -2.37. The lowest BCUT2D eigenvalue weighted by atomic mass is 9.59. The van der Waals surface area contributed by atoms with Crippen LogP contribution in [0.25, 0.3) is 5.57 Å². The summed E-state index contributed by atoms with van der Waals surface area (Å²) in [5.41, 5.74) is 6.72. The van der Waals surface area contributed by atoms with Gasteiger partial charge in [0, 0.05) is 6.08 Å². The van der Waals surface area contributed by atoms with Gasteiger partial charge >= 0.3 is 5.97 Å². The zero-order valence-electron chi connectivity index (χ0n) is 17.7. The standard InChI is InChI=1S/C25H34O2/c1-7-25(8-2)15-14-24(5,6)22-17-20(12-13-21(22)25)19(4)11-9-10-18(3)16-23(26)27/h9-13,16-17H,7-8,14-15H2,1-6H3,(H,26,27). The average molecular weight is 367 g/mol. The molecule has 2 heteroatoms. The van der Waals surface area contributed by atoms with Crippen LogP contribution in [0.4, 0.5) is 0 Å². The molecule has 0 radical (unpaired) electrons. The van der Waals surface area contributed by atoms with Gasteiger partial charge in [0.25, 0.3) is 0 Å². The third kappa shape index (κ3) is 4.61. The molecule has 0 aromatic heterocycles. The van der Waals surface area contributed by atoms with Crippen molar-refractivity contribution < 1.29 is 9.90 Å². The fourth-order valence-corrected chi connectivity index (χ4v) is 4.30. The first-order valence-electron chi connectivity index (χ1n) is 10.1. The Balaban J connectivity index is 2.40. The molecule has 2 nitrogen and oxygen atoms in total. The number of hydrogen-bond donors (Lipinski definition) is 1. The van der Waals surface area contributed by atoms with Crippen LogP contribution in [0.2, 0.25) is 0 Å². The minimum absolute atomic E-state index is 0.204. The lowest BCUT2D eigenvalue weighted by molar-refractivity contribution is -0.131. The highest BCUT2D eigenvalue weighted by Gasteiger charge is 2.40. The van der Waals surface area contributed by atoms with Crippen molar-refractivity contribution >= 4 is 11.5 Å². The first kappa shape index (κ1) is 21.2. The van der Waals surface area contributed by atoms with Crippen LogP contribution in [0.1, 0.15) is 83.9 Å². The van der Waals surface area contributed by atoms with E-state index in [0.717, 1.165) is 5.57 Å².